The van der Waals surface area contributed by atoms with Gasteiger partial charge < -0.3 is 0 Å². The summed E-state index contributed by atoms with van der Waals surface area (Å²) < 4.78 is 28.4. The van der Waals surface area contributed by atoms with E-state index in [4.69, 9.17) is 10.5 Å². The van der Waals surface area contributed by atoms with Crippen LogP contribution in [0.3, 0.4) is 0 Å². The second kappa shape index (κ2) is 4.85. The standard InChI is InChI=1S/C17H8F2N2/c18-13-5-1-3-10-7-11-4-2-6-14(19)16(11)17(15(10)13)12(8-20)9-21/h1-7,12H. The third-order valence-electron chi connectivity index (χ3n) is 3.49. The van der Waals surface area contributed by atoms with Crippen LogP contribution < -0.4 is 0 Å². The van der Waals surface area contributed by atoms with Gasteiger partial charge in [0.15, 0.2) is 5.92 Å². The van der Waals surface area contributed by atoms with Crippen molar-refractivity contribution in [3.05, 3.63) is 59.7 Å². The first-order chi connectivity index (χ1) is 10.2. The number of rotatable bonds is 1. The van der Waals surface area contributed by atoms with Crippen LogP contribution >= 0.6 is 0 Å². The monoisotopic (exact) mass is 278 g/mol. The zero-order valence-electron chi connectivity index (χ0n) is 10.8. The zero-order chi connectivity index (χ0) is 15.0. The van der Waals surface area contributed by atoms with Gasteiger partial charge in [-0.05, 0) is 29.0 Å². The first kappa shape index (κ1) is 13.0. The van der Waals surface area contributed by atoms with Crippen molar-refractivity contribution < 1.29 is 8.78 Å². The summed E-state index contributed by atoms with van der Waals surface area (Å²) >= 11 is 0. The van der Waals surface area contributed by atoms with Crippen LogP contribution in [0.1, 0.15) is 11.5 Å². The first-order valence-electron chi connectivity index (χ1n) is 6.26. The van der Waals surface area contributed by atoms with Gasteiger partial charge in [0.1, 0.15) is 11.6 Å². The van der Waals surface area contributed by atoms with Crippen molar-refractivity contribution in [1.82, 2.24) is 0 Å². The first-order valence-corrected chi connectivity index (χ1v) is 6.26. The maximum atomic E-state index is 14.2. The van der Waals surface area contributed by atoms with Crippen LogP contribution in [0, 0.1) is 34.3 Å². The van der Waals surface area contributed by atoms with Crippen LogP contribution in [0.2, 0.25) is 0 Å². The minimum absolute atomic E-state index is 0.101. The molecule has 0 N–H and O–H groups in total. The number of fused-ring (bicyclic) bond motifs is 2. The molecule has 0 heterocycles. The average molecular weight is 278 g/mol. The Morgan fingerprint density at radius 2 is 1.29 bits per heavy atom. The van der Waals surface area contributed by atoms with E-state index < -0.39 is 17.6 Å². The van der Waals surface area contributed by atoms with Gasteiger partial charge in [0, 0.05) is 16.3 Å². The molecular weight excluding hydrogens is 270 g/mol. The van der Waals surface area contributed by atoms with Crippen LogP contribution in [0.15, 0.2) is 42.5 Å². The van der Waals surface area contributed by atoms with Crippen LogP contribution in [0.4, 0.5) is 8.78 Å². The Hall–Kier alpha value is -2.98. The molecule has 0 aliphatic carbocycles. The number of nitrogens with zero attached hydrogens (tertiary/aromatic N) is 2. The fourth-order valence-electron chi connectivity index (χ4n) is 2.63. The van der Waals surface area contributed by atoms with Gasteiger partial charge in [-0.2, -0.15) is 10.5 Å². The molecule has 0 amide bonds. The van der Waals surface area contributed by atoms with Crippen molar-refractivity contribution >= 4 is 21.5 Å². The smallest absolute Gasteiger partial charge is 0.159 e. The minimum Gasteiger partial charge on any atom is -0.206 e. The zero-order valence-corrected chi connectivity index (χ0v) is 10.8. The maximum absolute atomic E-state index is 14.2. The van der Waals surface area contributed by atoms with E-state index in [0.717, 1.165) is 0 Å². The largest absolute Gasteiger partial charge is 0.206 e. The summed E-state index contributed by atoms with van der Waals surface area (Å²) in [5, 5.41) is 19.7. The lowest BCUT2D eigenvalue weighted by Gasteiger charge is -2.13. The summed E-state index contributed by atoms with van der Waals surface area (Å²) in [7, 11) is 0. The molecule has 3 aromatic carbocycles. The topological polar surface area (TPSA) is 47.6 Å². The molecule has 0 atom stereocenters. The third kappa shape index (κ3) is 1.89. The van der Waals surface area contributed by atoms with Gasteiger partial charge >= 0.3 is 0 Å². The number of hydrogen-bond donors (Lipinski definition) is 0. The van der Waals surface area contributed by atoms with Crippen molar-refractivity contribution in [2.45, 2.75) is 5.92 Å². The quantitative estimate of drug-likeness (QED) is 0.619. The molecule has 0 aliphatic heterocycles. The summed E-state index contributed by atoms with van der Waals surface area (Å²) in [5.41, 5.74) is 0.101. The van der Waals surface area contributed by atoms with Gasteiger partial charge in [0.2, 0.25) is 0 Å². The third-order valence-corrected chi connectivity index (χ3v) is 3.49. The second-order valence-electron chi connectivity index (χ2n) is 4.66. The van der Waals surface area contributed by atoms with Crippen LogP contribution in [0.5, 0.6) is 0 Å². The SMILES string of the molecule is N#CC(C#N)c1c2c(F)cccc2cc2cccc(F)c12. The molecule has 0 aromatic heterocycles. The molecule has 0 fully saturated rings. The summed E-state index contributed by atoms with van der Waals surface area (Å²) in [5.74, 6) is -2.36. The molecule has 100 valence electrons. The lowest BCUT2D eigenvalue weighted by Crippen LogP contribution is -1.99. The van der Waals surface area contributed by atoms with E-state index in [1.807, 2.05) is 12.1 Å². The maximum Gasteiger partial charge on any atom is 0.159 e. The molecule has 0 aliphatic rings. The molecule has 0 saturated heterocycles. The Morgan fingerprint density at radius 1 is 0.810 bits per heavy atom. The molecule has 2 nitrogen and oxygen atoms in total. The van der Waals surface area contributed by atoms with Gasteiger partial charge in [-0.1, -0.05) is 24.3 Å². The fraction of sp³-hybridized carbons (Fsp3) is 0.0588. The van der Waals surface area contributed by atoms with Gasteiger partial charge in [-0.25, -0.2) is 8.78 Å². The molecule has 0 unspecified atom stereocenters. The lowest BCUT2D eigenvalue weighted by molar-refractivity contribution is 0.635. The molecule has 3 rings (SSSR count). The van der Waals surface area contributed by atoms with E-state index in [-0.39, 0.29) is 16.3 Å². The molecule has 0 radical (unpaired) electrons. The number of nitriles is 2. The number of benzene rings is 3. The van der Waals surface area contributed by atoms with Crippen molar-refractivity contribution in [2.75, 3.05) is 0 Å². The normalized spacial score (nSPS) is 10.7. The molecule has 0 bridgehead atoms. The second-order valence-corrected chi connectivity index (χ2v) is 4.66. The highest BCUT2D eigenvalue weighted by atomic mass is 19.1. The summed E-state index contributed by atoms with van der Waals surface area (Å²) in [6, 6.07) is 14.2. The van der Waals surface area contributed by atoms with E-state index in [2.05, 4.69) is 0 Å². The Morgan fingerprint density at radius 3 is 1.71 bits per heavy atom. The Kier molecular flexibility index (Phi) is 3.01. The van der Waals surface area contributed by atoms with E-state index in [9.17, 15) is 8.78 Å². The molecular formula is C17H8F2N2. The van der Waals surface area contributed by atoms with E-state index in [1.54, 1.807) is 30.3 Å². The average Bonchev–Trinajstić information content (AvgIpc) is 2.48. The molecule has 21 heavy (non-hydrogen) atoms. The summed E-state index contributed by atoms with van der Waals surface area (Å²) in [6.45, 7) is 0. The predicted octanol–water partition coefficient (Wildman–Crippen LogP) is 4.40. The highest BCUT2D eigenvalue weighted by molar-refractivity contribution is 6.03. The fourth-order valence-corrected chi connectivity index (χ4v) is 2.63. The Bertz CT molecular complexity index is 875. The lowest BCUT2D eigenvalue weighted by atomic mass is 9.89. The number of hydrogen-bond acceptors (Lipinski definition) is 2. The van der Waals surface area contributed by atoms with E-state index in [0.29, 0.717) is 10.8 Å². The van der Waals surface area contributed by atoms with Gasteiger partial charge in [0.05, 0.1) is 12.1 Å². The van der Waals surface area contributed by atoms with Gasteiger partial charge in [-0.15, -0.1) is 0 Å². The molecule has 3 aromatic rings. The van der Waals surface area contributed by atoms with E-state index in [1.165, 1.54) is 12.1 Å². The summed E-state index contributed by atoms with van der Waals surface area (Å²) in [6.07, 6.45) is 0. The Labute approximate surface area is 119 Å². The van der Waals surface area contributed by atoms with Gasteiger partial charge in [-0.3, -0.25) is 0 Å². The molecule has 0 spiro atoms. The minimum atomic E-state index is -1.23. The van der Waals surface area contributed by atoms with Crippen LogP contribution in [-0.4, -0.2) is 0 Å². The van der Waals surface area contributed by atoms with Crippen molar-refractivity contribution in [2.24, 2.45) is 0 Å². The van der Waals surface area contributed by atoms with Crippen LogP contribution in [0.25, 0.3) is 21.5 Å². The number of halogens is 2. The highest BCUT2D eigenvalue weighted by Gasteiger charge is 2.21. The van der Waals surface area contributed by atoms with Gasteiger partial charge in [0.25, 0.3) is 0 Å². The van der Waals surface area contributed by atoms with E-state index >= 15 is 0 Å². The van der Waals surface area contributed by atoms with Crippen molar-refractivity contribution in [3.8, 4) is 12.1 Å². The highest BCUT2D eigenvalue weighted by Crippen LogP contribution is 2.36. The summed E-state index contributed by atoms with van der Waals surface area (Å²) in [4.78, 5) is 0. The Balaban J connectivity index is 2.65. The molecule has 4 heteroatoms. The van der Waals surface area contributed by atoms with Crippen molar-refractivity contribution in [3.63, 3.8) is 0 Å². The molecule has 0 saturated carbocycles. The van der Waals surface area contributed by atoms with Crippen molar-refractivity contribution in [1.29, 1.82) is 10.5 Å². The predicted molar refractivity (Wildman–Crippen MR) is 75.3 cm³/mol. The van der Waals surface area contributed by atoms with Crippen LogP contribution in [-0.2, 0) is 0 Å².